The van der Waals surface area contributed by atoms with Crippen LogP contribution in [0.15, 0.2) is 261 Å². The molecule has 0 radical (unpaired) electrons. The van der Waals surface area contributed by atoms with Gasteiger partial charge in [-0.15, -0.1) is 8.78 Å². The Kier molecular flexibility index (Phi) is 25.6. The van der Waals surface area contributed by atoms with Crippen molar-refractivity contribution < 1.29 is 94.0 Å². The van der Waals surface area contributed by atoms with E-state index < -0.39 is 29.4 Å². The average molecular weight is 1570 g/mol. The lowest BCUT2D eigenvalue weighted by molar-refractivity contribution is -0.337. The number of para-hydroxylation sites is 2. The lowest BCUT2D eigenvalue weighted by atomic mass is 9.93. The Balaban J connectivity index is 0.000000130. The Morgan fingerprint density at radius 1 is 0.281 bits per heavy atom. The molecule has 4 spiro atoms. The Hall–Kier alpha value is -11.0. The minimum absolute atomic E-state index is 0.139. The van der Waals surface area contributed by atoms with Gasteiger partial charge in [-0.2, -0.15) is 0 Å². The fourth-order valence-corrected chi connectivity index (χ4v) is 14.4. The number of nitrogens with zero attached hydrogens (tertiary/aromatic N) is 1. The summed E-state index contributed by atoms with van der Waals surface area (Å²) in [5.74, 6) is 11.8. The van der Waals surface area contributed by atoms with Gasteiger partial charge in [-0.05, 0) is 186 Å². The van der Waals surface area contributed by atoms with Crippen LogP contribution >= 0.6 is 0 Å². The number of benzene rings is 6. The summed E-state index contributed by atoms with van der Waals surface area (Å²) in [5.41, 5.74) is 9.60. The molecule has 19 rings (SSSR count). The molecule has 610 valence electrons. The van der Waals surface area contributed by atoms with Crippen LogP contribution < -0.4 is 4.74 Å². The van der Waals surface area contributed by atoms with Crippen molar-refractivity contribution in [2.24, 2.45) is 0 Å². The first kappa shape index (κ1) is 84.0. The van der Waals surface area contributed by atoms with E-state index in [9.17, 15) is 8.78 Å². The predicted octanol–water partition coefficient (Wildman–Crippen LogP) is 24.4. The number of alkyl halides is 2. The predicted molar refractivity (Wildman–Crippen MR) is 427 cm³/mol. The summed E-state index contributed by atoms with van der Waals surface area (Å²) in [6.45, 7) is 38.9. The summed E-state index contributed by atoms with van der Waals surface area (Å²) in [6.07, 6.45) is 7.07. The van der Waals surface area contributed by atoms with Crippen LogP contribution in [0, 0.1) is 0 Å². The molecule has 0 N–H and O–H groups in total. The Labute approximate surface area is 670 Å². The largest absolute Gasteiger partial charge is 0.585 e. The molecule has 6 aromatic carbocycles. The van der Waals surface area contributed by atoms with Crippen molar-refractivity contribution in [3.8, 4) is 22.6 Å². The van der Waals surface area contributed by atoms with E-state index in [0.717, 1.165) is 164 Å². The van der Waals surface area contributed by atoms with Crippen molar-refractivity contribution in [3.63, 3.8) is 0 Å². The second kappa shape index (κ2) is 34.8. The third-order valence-electron chi connectivity index (χ3n) is 21.4. The zero-order valence-corrected chi connectivity index (χ0v) is 69.8. The van der Waals surface area contributed by atoms with E-state index in [2.05, 4.69) is 57.7 Å². The summed E-state index contributed by atoms with van der Waals surface area (Å²) in [7, 11) is 2.02. The SMILES string of the molecule is CC1=C(C)N(C)CO1.CC1=C(C)OC(C)(C)O1.CC1=C(C)OC(F)(F)O1.CC1=C(C)OC(c2ccccc2)(c2ccccc2)O1.CC1=C(C)OC2(CCCC2)O1.CC1=C(C)OC2(CCCCC2)O1.CC1=C(C)OC2(O1)c1ccccc1-c1ccccc12.CC1=C(C)OC2(O1)c1ccccc1Oc1ccccc12.CC1=C(C)OCO1. The maximum absolute atomic E-state index is 12.0. The molecule has 0 unspecified atom stereocenters. The monoisotopic (exact) mass is 1570 g/mol. The molecule has 0 bridgehead atoms. The highest BCUT2D eigenvalue weighted by Crippen LogP contribution is 2.56. The average Bonchev–Trinajstić information content (AvgIpc) is 1.54. The van der Waals surface area contributed by atoms with Gasteiger partial charge < -0.3 is 90.2 Å². The van der Waals surface area contributed by atoms with Crippen molar-refractivity contribution in [3.05, 3.63) is 295 Å². The third-order valence-corrected chi connectivity index (χ3v) is 21.4. The summed E-state index contributed by atoms with van der Waals surface area (Å²) in [5, 5.41) is 0. The van der Waals surface area contributed by atoms with Gasteiger partial charge in [0.25, 0.3) is 11.6 Å². The van der Waals surface area contributed by atoms with Gasteiger partial charge in [-0.3, -0.25) is 0 Å². The minimum atomic E-state index is -3.44. The van der Waals surface area contributed by atoms with Gasteiger partial charge in [0.2, 0.25) is 12.6 Å². The molecule has 21 heteroatoms. The van der Waals surface area contributed by atoms with E-state index in [1.54, 1.807) is 0 Å². The number of allylic oxidation sites excluding steroid dienone is 18. The Morgan fingerprint density at radius 2 is 0.570 bits per heavy atom. The van der Waals surface area contributed by atoms with E-state index >= 15 is 0 Å². The van der Waals surface area contributed by atoms with Crippen LogP contribution in [-0.4, -0.2) is 49.1 Å². The molecular formula is C93H111F2NO18. The number of rotatable bonds is 2. The van der Waals surface area contributed by atoms with E-state index in [4.69, 9.17) is 75.8 Å². The standard InChI is InChI=1S/C17H14O3.C17H14O2.C17H16O2.C10H16O2.C9H14O2.C7H12O2.C6H11NO.C5H6F2O2.C5H8O2/c1-11-12(2)20-17(19-11)13-7-3-5-9-15(13)18-16-10-6-4-8-14(16)17;1-11-12(2)19-17(18-11)15-9-5-3-7-13(15)14-8-4-6-10-16(14)17;1-13-14(2)19-17(18-13,15-9-5-3-6-10-15)16-11-7-4-8-12-16;1-8-9(2)12-10(11-8)6-4-3-5-7-10;1-7-8(2)11-9(10-7)5-3-4-6-9;1-5-6(2)9-7(3,4)8-5;1-5-6(2)8-4-7(5)3;1-3-4(2)9-5(6,7)8-3;1-4-5(2)7-3-6-4/h3-10H,1-2H3;3-10H,1-2H3;3-12H,1-2H3;3-7H2,1-2H3;3-6H2,1-2H3;1-4H3;4H2,1-3H3;1-2H3;3H2,1-2H3. The van der Waals surface area contributed by atoms with Gasteiger partial charge in [0.15, 0.2) is 6.73 Å². The molecule has 2 saturated carbocycles. The van der Waals surface area contributed by atoms with E-state index in [1.165, 1.54) is 62.8 Å². The number of hydrogen-bond acceptors (Lipinski definition) is 19. The first-order valence-electron chi connectivity index (χ1n) is 39.0. The van der Waals surface area contributed by atoms with Crippen LogP contribution in [0.5, 0.6) is 11.5 Å². The molecule has 13 aliphatic rings. The number of halogens is 2. The Bertz CT molecular complexity index is 4440. The molecule has 19 nitrogen and oxygen atoms in total. The second-order valence-electron chi connectivity index (χ2n) is 30.1. The topological polar surface area (TPSA) is 169 Å². The molecule has 10 aliphatic heterocycles. The fourth-order valence-electron chi connectivity index (χ4n) is 14.4. The molecule has 0 amide bonds. The van der Waals surface area contributed by atoms with Gasteiger partial charge >= 0.3 is 23.7 Å². The van der Waals surface area contributed by atoms with Crippen molar-refractivity contribution in [1.29, 1.82) is 0 Å². The summed E-state index contributed by atoms with van der Waals surface area (Å²) >= 11 is 0. The first-order chi connectivity index (χ1) is 54.1. The summed E-state index contributed by atoms with van der Waals surface area (Å²) in [4.78, 5) is 2.08. The summed E-state index contributed by atoms with van der Waals surface area (Å²) in [6, 6.07) is 52.3. The van der Waals surface area contributed by atoms with Crippen LogP contribution in [0.2, 0.25) is 0 Å². The van der Waals surface area contributed by atoms with Crippen LogP contribution in [0.4, 0.5) is 8.78 Å². The zero-order valence-electron chi connectivity index (χ0n) is 69.8. The zero-order chi connectivity index (χ0) is 82.1. The van der Waals surface area contributed by atoms with Crippen molar-refractivity contribution in [1.82, 2.24) is 4.90 Å². The van der Waals surface area contributed by atoms with Crippen molar-refractivity contribution in [2.45, 2.75) is 237 Å². The van der Waals surface area contributed by atoms with Crippen LogP contribution in [0.1, 0.15) is 230 Å². The highest BCUT2D eigenvalue weighted by atomic mass is 19.3. The highest BCUT2D eigenvalue weighted by molar-refractivity contribution is 5.79. The highest BCUT2D eigenvalue weighted by Gasteiger charge is 2.53. The lowest BCUT2D eigenvalue weighted by Gasteiger charge is -2.35. The molecule has 0 aromatic heterocycles. The molecule has 114 heavy (non-hydrogen) atoms. The van der Waals surface area contributed by atoms with Crippen LogP contribution in [0.3, 0.4) is 0 Å². The maximum Gasteiger partial charge on any atom is 0.585 e. The van der Waals surface area contributed by atoms with Gasteiger partial charge in [-0.25, -0.2) is 0 Å². The van der Waals surface area contributed by atoms with Crippen LogP contribution in [0.25, 0.3) is 11.1 Å². The molecule has 6 aromatic rings. The molecule has 10 heterocycles. The molecule has 2 fully saturated rings. The maximum atomic E-state index is 12.0. The first-order valence-corrected chi connectivity index (χ1v) is 39.0. The number of hydrogen-bond donors (Lipinski definition) is 0. The quantitative estimate of drug-likeness (QED) is 0.160. The summed E-state index contributed by atoms with van der Waals surface area (Å²) < 4.78 is 123. The smallest absolute Gasteiger partial charge is 0.476 e. The van der Waals surface area contributed by atoms with Gasteiger partial charge in [0.1, 0.15) is 109 Å². The molecule has 0 saturated heterocycles. The van der Waals surface area contributed by atoms with E-state index in [-0.39, 0.29) is 23.1 Å². The normalized spacial score (nSPS) is 20.7. The third kappa shape index (κ3) is 18.6. The molecule has 0 atom stereocenters. The minimum Gasteiger partial charge on any atom is -0.476 e. The fraction of sp³-hybridized carbons (Fsp3) is 0.419. The van der Waals surface area contributed by atoms with Crippen LogP contribution in [-0.2, 0) is 97.9 Å². The van der Waals surface area contributed by atoms with Gasteiger partial charge in [-0.1, -0.05) is 140 Å². The van der Waals surface area contributed by atoms with E-state index in [1.807, 2.05) is 246 Å². The second-order valence-corrected chi connectivity index (χ2v) is 30.1. The number of ether oxygens (including phenoxy) is 18. The van der Waals surface area contributed by atoms with Gasteiger partial charge in [0, 0.05) is 68.8 Å². The molecular weight excluding hydrogens is 1460 g/mol. The van der Waals surface area contributed by atoms with Crippen molar-refractivity contribution >= 4 is 0 Å². The Morgan fingerprint density at radius 3 is 0.860 bits per heavy atom. The van der Waals surface area contributed by atoms with E-state index in [0.29, 0.717) is 6.79 Å². The van der Waals surface area contributed by atoms with Crippen molar-refractivity contribution in [2.75, 3.05) is 20.6 Å². The van der Waals surface area contributed by atoms with Gasteiger partial charge in [0.05, 0.1) is 16.8 Å². The number of fused-ring (bicyclic) bond motifs is 9. The molecule has 3 aliphatic carbocycles. The lowest BCUT2D eigenvalue weighted by Crippen LogP contribution is -2.33.